The maximum absolute atomic E-state index is 8.66. The number of rotatable bonds is 3. The summed E-state index contributed by atoms with van der Waals surface area (Å²) in [5.41, 5.74) is 4.77. The normalized spacial score (nSPS) is 14.8. The van der Waals surface area contributed by atoms with Gasteiger partial charge in [0.05, 0.1) is 12.6 Å². The van der Waals surface area contributed by atoms with Crippen LogP contribution in [0.2, 0.25) is 0 Å². The first kappa shape index (κ1) is 15.1. The third kappa shape index (κ3) is 3.17. The van der Waals surface area contributed by atoms with E-state index in [0.717, 1.165) is 16.6 Å². The van der Waals surface area contributed by atoms with Gasteiger partial charge in [-0.25, -0.2) is 14.5 Å². The Morgan fingerprint density at radius 2 is 1.42 bits per heavy atom. The van der Waals surface area contributed by atoms with Gasteiger partial charge in [0, 0.05) is 37.3 Å². The summed E-state index contributed by atoms with van der Waals surface area (Å²) in [6.07, 6.45) is 3.13. The minimum Gasteiger partial charge on any atom is -0.237 e. The molecule has 0 radical (unpaired) electrons. The molecule has 5 aromatic rings. The van der Waals surface area contributed by atoms with Crippen LogP contribution in [0.5, 0.6) is 0 Å². The molecule has 0 atom stereocenters. The van der Waals surface area contributed by atoms with Crippen LogP contribution < -0.4 is 4.57 Å². The molecule has 2 aromatic heterocycles. The number of hydrogen-bond acceptors (Lipinski definition) is 2. The third-order valence-corrected chi connectivity index (χ3v) is 6.39. The Kier molecular flexibility index (Phi) is 3.65. The van der Waals surface area contributed by atoms with E-state index in [0.29, 0.717) is 28.0 Å². The zero-order valence-electron chi connectivity index (χ0n) is 25.1. The van der Waals surface area contributed by atoms with Crippen LogP contribution in [-0.2, 0) is 7.05 Å². The van der Waals surface area contributed by atoms with Crippen molar-refractivity contribution in [1.82, 2.24) is 14.5 Å². The Morgan fingerprint density at radius 3 is 2.09 bits per heavy atom. The first-order valence-electron chi connectivity index (χ1n) is 13.9. The largest absolute Gasteiger partial charge is 0.295 e. The van der Waals surface area contributed by atoms with Crippen molar-refractivity contribution >= 4 is 11.0 Å². The van der Waals surface area contributed by atoms with Gasteiger partial charge in [0.1, 0.15) is 5.69 Å². The van der Waals surface area contributed by atoms with E-state index in [1.165, 1.54) is 0 Å². The van der Waals surface area contributed by atoms with Crippen molar-refractivity contribution in [1.29, 1.82) is 0 Å². The quantitative estimate of drug-likeness (QED) is 0.317. The minimum absolute atomic E-state index is 0.0298. The molecule has 0 aliphatic carbocycles. The molecule has 5 rings (SSSR count). The molecule has 0 bridgehead atoms. The maximum Gasteiger partial charge on any atom is 0.295 e. The summed E-state index contributed by atoms with van der Waals surface area (Å²) in [7, 11) is 1.91. The highest BCUT2D eigenvalue weighted by Crippen LogP contribution is 2.38. The zero-order valence-corrected chi connectivity index (χ0v) is 19.1. The molecule has 0 saturated carbocycles. The fraction of sp³-hybridized carbons (Fsp3) is 0.207. The summed E-state index contributed by atoms with van der Waals surface area (Å²) in [5, 5.41) is 0. The van der Waals surface area contributed by atoms with Gasteiger partial charge in [-0.15, -0.1) is 0 Å². The number of benzene rings is 3. The molecule has 0 amide bonds. The SMILES string of the molecule is [2H]C([2H])([2H])c1c(C)c(-c2ncccn2)c(C)c(C([2H])([2H])[2H])c1-n1c(-c2ccccc2C)[n+](C)c2ccccc21. The second-order valence-electron chi connectivity index (χ2n) is 8.32. The van der Waals surface area contributed by atoms with Crippen molar-refractivity contribution in [3.63, 3.8) is 0 Å². The van der Waals surface area contributed by atoms with E-state index >= 15 is 0 Å². The van der Waals surface area contributed by atoms with Crippen molar-refractivity contribution in [3.05, 3.63) is 94.8 Å². The van der Waals surface area contributed by atoms with Gasteiger partial charge in [0.2, 0.25) is 0 Å². The summed E-state index contributed by atoms with van der Waals surface area (Å²) in [6.45, 7) is 0.144. The third-order valence-electron chi connectivity index (χ3n) is 6.39. The van der Waals surface area contributed by atoms with Gasteiger partial charge in [-0.1, -0.05) is 30.3 Å². The van der Waals surface area contributed by atoms with E-state index in [4.69, 9.17) is 8.22 Å². The molecule has 0 unspecified atom stereocenters. The molecule has 33 heavy (non-hydrogen) atoms. The molecule has 3 aromatic carbocycles. The summed E-state index contributed by atoms with van der Waals surface area (Å²) < 4.78 is 55.7. The van der Waals surface area contributed by atoms with Crippen LogP contribution in [0.25, 0.3) is 39.5 Å². The summed E-state index contributed by atoms with van der Waals surface area (Å²) >= 11 is 0. The molecule has 4 heteroatoms. The van der Waals surface area contributed by atoms with E-state index in [2.05, 4.69) is 9.97 Å². The van der Waals surface area contributed by atoms with Gasteiger partial charge in [0.25, 0.3) is 5.82 Å². The van der Waals surface area contributed by atoms with Crippen LogP contribution >= 0.6 is 0 Å². The standard InChI is InChI=1S/C29H29N4/c1-18-12-7-8-13-23(18)29-32(6)24-14-9-10-15-25(24)33(29)27-21(4)19(2)26(20(3)22(27)5)28-30-16-11-17-31-28/h7-17H,1-6H3/q+1/i4D3,5D3. The van der Waals surface area contributed by atoms with Crippen LogP contribution in [0.1, 0.15) is 36.0 Å². The fourth-order valence-electron chi connectivity index (χ4n) is 4.66. The number of aryl methyl sites for hydroxylation is 2. The van der Waals surface area contributed by atoms with Gasteiger partial charge >= 0.3 is 0 Å². The highest BCUT2D eigenvalue weighted by molar-refractivity contribution is 5.82. The Morgan fingerprint density at radius 1 is 0.788 bits per heavy atom. The highest BCUT2D eigenvalue weighted by atomic mass is 15.2. The maximum atomic E-state index is 8.66. The van der Waals surface area contributed by atoms with Crippen molar-refractivity contribution in [2.45, 2.75) is 34.5 Å². The molecule has 0 saturated heterocycles. The molecule has 4 nitrogen and oxygen atoms in total. The average Bonchev–Trinajstić information content (AvgIpc) is 3.15. The van der Waals surface area contributed by atoms with Crippen LogP contribution in [-0.4, -0.2) is 14.5 Å². The topological polar surface area (TPSA) is 34.6 Å². The predicted molar refractivity (Wildman–Crippen MR) is 135 cm³/mol. The second kappa shape index (κ2) is 7.96. The molecule has 0 spiro atoms. The number of hydrogen-bond donors (Lipinski definition) is 0. The monoisotopic (exact) mass is 439 g/mol. The Hall–Kier alpha value is -3.79. The van der Waals surface area contributed by atoms with E-state index in [-0.39, 0.29) is 22.6 Å². The molecular formula is C29H29N4+. The van der Waals surface area contributed by atoms with Crippen molar-refractivity contribution in [2.24, 2.45) is 7.05 Å². The first-order valence-corrected chi connectivity index (χ1v) is 10.9. The predicted octanol–water partition coefficient (Wildman–Crippen LogP) is 6.12. The van der Waals surface area contributed by atoms with Gasteiger partial charge in [0.15, 0.2) is 16.9 Å². The van der Waals surface area contributed by atoms with E-state index in [1.807, 2.05) is 71.6 Å². The van der Waals surface area contributed by atoms with Gasteiger partial charge in [-0.3, -0.25) is 0 Å². The van der Waals surface area contributed by atoms with E-state index < -0.39 is 13.7 Å². The molecule has 2 heterocycles. The number of fused-ring (bicyclic) bond motifs is 1. The van der Waals surface area contributed by atoms with Crippen molar-refractivity contribution in [2.75, 3.05) is 0 Å². The second-order valence-corrected chi connectivity index (χ2v) is 8.32. The Labute approximate surface area is 203 Å². The fourth-order valence-corrected chi connectivity index (χ4v) is 4.66. The number of imidazole rings is 1. The Balaban J connectivity index is 2.09. The lowest BCUT2D eigenvalue weighted by molar-refractivity contribution is -0.633. The average molecular weight is 440 g/mol. The Bertz CT molecular complexity index is 1680. The number of para-hydroxylation sites is 2. The van der Waals surface area contributed by atoms with Gasteiger partial charge in [-0.05, 0) is 75.4 Å². The molecule has 0 aliphatic heterocycles. The highest BCUT2D eigenvalue weighted by Gasteiger charge is 2.30. The zero-order chi connectivity index (χ0) is 28.3. The van der Waals surface area contributed by atoms with Crippen LogP contribution in [0.3, 0.4) is 0 Å². The molecule has 0 aliphatic rings. The van der Waals surface area contributed by atoms with Crippen LogP contribution in [0.4, 0.5) is 0 Å². The van der Waals surface area contributed by atoms with E-state index in [9.17, 15) is 0 Å². The van der Waals surface area contributed by atoms with E-state index in [1.54, 1.807) is 32.3 Å². The van der Waals surface area contributed by atoms with Crippen LogP contribution in [0, 0.1) is 34.5 Å². The van der Waals surface area contributed by atoms with Crippen molar-refractivity contribution in [3.8, 4) is 28.5 Å². The molecule has 0 N–H and O–H groups in total. The summed E-state index contributed by atoms with van der Waals surface area (Å²) in [6, 6.07) is 17.1. The lowest BCUT2D eigenvalue weighted by atomic mass is 9.91. The summed E-state index contributed by atoms with van der Waals surface area (Å²) in [5.74, 6) is 0.977. The molecular weight excluding hydrogens is 404 g/mol. The summed E-state index contributed by atoms with van der Waals surface area (Å²) in [4.78, 5) is 8.72. The first-order chi connectivity index (χ1) is 18.3. The number of nitrogens with zero attached hydrogens (tertiary/aromatic N) is 4. The van der Waals surface area contributed by atoms with Gasteiger partial charge in [-0.2, -0.15) is 4.57 Å². The smallest absolute Gasteiger partial charge is 0.237 e. The van der Waals surface area contributed by atoms with Crippen molar-refractivity contribution < 1.29 is 12.8 Å². The number of aromatic nitrogens is 4. The van der Waals surface area contributed by atoms with Gasteiger partial charge < -0.3 is 0 Å². The lowest BCUT2D eigenvalue weighted by Gasteiger charge is -2.19. The van der Waals surface area contributed by atoms with Crippen LogP contribution in [0.15, 0.2) is 67.0 Å². The molecule has 164 valence electrons. The lowest BCUT2D eigenvalue weighted by Crippen LogP contribution is -2.30. The minimum atomic E-state index is -2.64. The molecule has 0 fully saturated rings.